The van der Waals surface area contributed by atoms with Crippen LogP contribution in [-0.4, -0.2) is 56.3 Å². The maximum atomic E-state index is 15.4. The number of benzene rings is 2. The monoisotopic (exact) mass is 533 g/mol. The molecule has 1 fully saturated rings. The summed E-state index contributed by atoms with van der Waals surface area (Å²) in [7, 11) is 0. The number of hydrogen-bond acceptors (Lipinski definition) is 7. The number of nitrogens with one attached hydrogen (secondary N) is 3. The Morgan fingerprint density at radius 3 is 2.58 bits per heavy atom. The molecule has 0 aromatic heterocycles. The van der Waals surface area contributed by atoms with Crippen molar-refractivity contribution in [2.75, 3.05) is 43.1 Å². The van der Waals surface area contributed by atoms with E-state index in [9.17, 15) is 4.79 Å². The molecule has 8 nitrogen and oxygen atoms in total. The van der Waals surface area contributed by atoms with Gasteiger partial charge in [-0.3, -0.25) is 14.8 Å². The van der Waals surface area contributed by atoms with Crippen LogP contribution in [-0.2, 0) is 11.2 Å². The van der Waals surface area contributed by atoms with E-state index >= 15 is 8.78 Å². The lowest BCUT2D eigenvalue weighted by Crippen LogP contribution is -2.51. The summed E-state index contributed by atoms with van der Waals surface area (Å²) in [6.45, 7) is 2.65. The Morgan fingerprint density at radius 2 is 1.89 bits per heavy atom. The first kappa shape index (κ1) is 24.5. The molecule has 36 heavy (non-hydrogen) atoms. The first-order chi connectivity index (χ1) is 17.3. The standard InChI is InChI=1S/C24H23Cl2F2N7O/c25-15-2-1-3-16(26)13(15)10-24(22-21(31-12-32-22)14(11-33-24)23(29)36)34-19-8-18(28)20(9-17(19)27)35-6-4-30-5-7-35/h1-3,8-9,11,30-31,34H,4-7,10,12H2,(H2,29,36). The van der Waals surface area contributed by atoms with Crippen LogP contribution >= 0.6 is 23.2 Å². The van der Waals surface area contributed by atoms with Crippen molar-refractivity contribution < 1.29 is 13.6 Å². The lowest BCUT2D eigenvalue weighted by atomic mass is 9.89. The second-order valence-electron chi connectivity index (χ2n) is 8.64. The second kappa shape index (κ2) is 9.68. The number of aliphatic imine (C=N–C) groups is 2. The van der Waals surface area contributed by atoms with Gasteiger partial charge in [-0.2, -0.15) is 0 Å². The van der Waals surface area contributed by atoms with Crippen LogP contribution in [0.15, 0.2) is 51.6 Å². The highest BCUT2D eigenvalue weighted by atomic mass is 35.5. The summed E-state index contributed by atoms with van der Waals surface area (Å²) in [5.74, 6) is -1.94. The van der Waals surface area contributed by atoms with Gasteiger partial charge in [-0.05, 0) is 17.7 Å². The molecule has 5 N–H and O–H groups in total. The van der Waals surface area contributed by atoms with Crippen LogP contribution in [0.5, 0.6) is 0 Å². The van der Waals surface area contributed by atoms with Crippen molar-refractivity contribution in [2.24, 2.45) is 15.7 Å². The Morgan fingerprint density at radius 1 is 1.17 bits per heavy atom. The van der Waals surface area contributed by atoms with Crippen molar-refractivity contribution in [3.8, 4) is 0 Å². The van der Waals surface area contributed by atoms with Crippen molar-refractivity contribution >= 4 is 52.4 Å². The molecule has 1 amide bonds. The highest BCUT2D eigenvalue weighted by molar-refractivity contribution is 6.36. The zero-order chi connectivity index (χ0) is 25.4. The number of piperazine rings is 1. The number of rotatable bonds is 6. The Bertz CT molecular complexity index is 1300. The molecule has 0 aliphatic carbocycles. The highest BCUT2D eigenvalue weighted by Crippen LogP contribution is 2.37. The van der Waals surface area contributed by atoms with Gasteiger partial charge in [0.1, 0.15) is 24.0 Å². The van der Waals surface area contributed by atoms with Gasteiger partial charge in [0.2, 0.25) is 0 Å². The molecule has 0 radical (unpaired) electrons. The summed E-state index contributed by atoms with van der Waals surface area (Å²) >= 11 is 12.9. The van der Waals surface area contributed by atoms with Crippen molar-refractivity contribution in [3.63, 3.8) is 0 Å². The molecule has 1 saturated heterocycles. The van der Waals surface area contributed by atoms with Gasteiger partial charge >= 0.3 is 0 Å². The van der Waals surface area contributed by atoms with Crippen LogP contribution in [0.4, 0.5) is 20.2 Å². The normalized spacial score (nSPS) is 21.2. The molecule has 3 aliphatic heterocycles. The van der Waals surface area contributed by atoms with E-state index in [1.54, 1.807) is 23.1 Å². The van der Waals surface area contributed by atoms with E-state index < -0.39 is 23.2 Å². The van der Waals surface area contributed by atoms with E-state index in [4.69, 9.17) is 28.9 Å². The molecule has 2 aromatic rings. The summed E-state index contributed by atoms with van der Waals surface area (Å²) in [5.41, 5.74) is 5.50. The van der Waals surface area contributed by atoms with E-state index in [1.807, 2.05) is 0 Å². The number of carbonyl (C=O) groups excluding carboxylic acids is 1. The van der Waals surface area contributed by atoms with Crippen LogP contribution in [0.2, 0.25) is 10.0 Å². The molecule has 0 spiro atoms. The maximum Gasteiger partial charge on any atom is 0.252 e. The Balaban J connectivity index is 1.59. The number of fused-ring (bicyclic) bond motifs is 1. The molecular weight excluding hydrogens is 511 g/mol. The number of primary amides is 1. The maximum absolute atomic E-state index is 15.4. The molecule has 3 aliphatic rings. The fourth-order valence-electron chi connectivity index (χ4n) is 4.63. The minimum Gasteiger partial charge on any atom is -0.367 e. The second-order valence-corrected chi connectivity index (χ2v) is 9.45. The molecule has 0 bridgehead atoms. The van der Waals surface area contributed by atoms with Gasteiger partial charge in [0.25, 0.3) is 5.91 Å². The lowest BCUT2D eigenvalue weighted by molar-refractivity contribution is -0.114. The van der Waals surface area contributed by atoms with Gasteiger partial charge in [0, 0.05) is 61.0 Å². The Kier molecular flexibility index (Phi) is 6.59. The number of anilines is 2. The first-order valence-corrected chi connectivity index (χ1v) is 12.1. The minimum atomic E-state index is -1.45. The number of hydrogen-bond donors (Lipinski definition) is 4. The van der Waals surface area contributed by atoms with Crippen LogP contribution < -0.4 is 26.6 Å². The zero-order valence-corrected chi connectivity index (χ0v) is 20.6. The van der Waals surface area contributed by atoms with Gasteiger partial charge in [-0.1, -0.05) is 29.3 Å². The van der Waals surface area contributed by atoms with E-state index in [2.05, 4.69) is 25.9 Å². The third kappa shape index (κ3) is 4.40. The Labute approximate surface area is 216 Å². The predicted molar refractivity (Wildman–Crippen MR) is 138 cm³/mol. The number of amides is 1. The third-order valence-electron chi connectivity index (χ3n) is 6.40. The number of nitrogens with two attached hydrogens (primary N) is 1. The van der Waals surface area contributed by atoms with Crippen LogP contribution in [0.1, 0.15) is 5.56 Å². The number of halogens is 4. The third-order valence-corrected chi connectivity index (χ3v) is 7.11. The SMILES string of the molecule is NC(=O)C1=C2NCN=C2C(Cc2c(Cl)cccc2Cl)(Nc2cc(F)c(N3CCNCC3)cc2F)N=C1. The molecule has 12 heteroatoms. The van der Waals surface area contributed by atoms with Crippen molar-refractivity contribution in [3.05, 3.63) is 68.8 Å². The summed E-state index contributed by atoms with van der Waals surface area (Å²) in [6.07, 6.45) is 1.34. The zero-order valence-electron chi connectivity index (χ0n) is 19.0. The van der Waals surface area contributed by atoms with E-state index in [0.29, 0.717) is 53.2 Å². The van der Waals surface area contributed by atoms with Gasteiger partial charge in [0.15, 0.2) is 5.66 Å². The molecule has 5 rings (SSSR count). The average Bonchev–Trinajstić information content (AvgIpc) is 3.35. The van der Waals surface area contributed by atoms with Gasteiger partial charge in [-0.15, -0.1) is 0 Å². The van der Waals surface area contributed by atoms with Gasteiger partial charge in [-0.25, -0.2) is 8.78 Å². The van der Waals surface area contributed by atoms with Crippen molar-refractivity contribution in [2.45, 2.75) is 12.1 Å². The highest BCUT2D eigenvalue weighted by Gasteiger charge is 2.44. The largest absolute Gasteiger partial charge is 0.367 e. The molecule has 3 heterocycles. The predicted octanol–water partition coefficient (Wildman–Crippen LogP) is 2.86. The van der Waals surface area contributed by atoms with Crippen LogP contribution in [0.25, 0.3) is 0 Å². The molecule has 1 unspecified atom stereocenters. The Hall–Kier alpha value is -3.21. The van der Waals surface area contributed by atoms with Gasteiger partial charge in [0.05, 0.1) is 22.6 Å². The summed E-state index contributed by atoms with van der Waals surface area (Å²) in [4.78, 5) is 22.9. The first-order valence-electron chi connectivity index (χ1n) is 11.3. The summed E-state index contributed by atoms with van der Waals surface area (Å²) < 4.78 is 30.7. The van der Waals surface area contributed by atoms with Crippen LogP contribution in [0, 0.1) is 11.6 Å². The molecule has 2 aromatic carbocycles. The molecule has 0 saturated carbocycles. The summed E-state index contributed by atoms with van der Waals surface area (Å²) in [6, 6.07) is 7.32. The number of dihydropyridines is 1. The van der Waals surface area contributed by atoms with Crippen molar-refractivity contribution in [1.29, 1.82) is 0 Å². The molecular formula is C24H23Cl2F2N7O. The van der Waals surface area contributed by atoms with E-state index in [0.717, 1.165) is 6.07 Å². The van der Waals surface area contributed by atoms with Gasteiger partial charge < -0.3 is 26.6 Å². The fourth-order valence-corrected chi connectivity index (χ4v) is 5.16. The smallest absolute Gasteiger partial charge is 0.252 e. The number of nitrogens with zero attached hydrogens (tertiary/aromatic N) is 3. The molecule has 1 atom stereocenters. The molecule has 188 valence electrons. The lowest BCUT2D eigenvalue weighted by Gasteiger charge is -2.36. The van der Waals surface area contributed by atoms with Crippen molar-refractivity contribution in [1.82, 2.24) is 10.6 Å². The summed E-state index contributed by atoms with van der Waals surface area (Å²) in [5, 5.41) is 10.0. The van der Waals surface area contributed by atoms with E-state index in [-0.39, 0.29) is 30.0 Å². The number of carbonyl (C=O) groups is 1. The fraction of sp³-hybridized carbons (Fsp3) is 0.292. The van der Waals surface area contributed by atoms with E-state index in [1.165, 1.54) is 12.3 Å². The topological polar surface area (TPSA) is 107 Å². The van der Waals surface area contributed by atoms with Crippen LogP contribution in [0.3, 0.4) is 0 Å². The minimum absolute atomic E-state index is 0.0403. The quantitative estimate of drug-likeness (QED) is 0.456. The average molecular weight is 534 g/mol.